The molecule has 0 saturated carbocycles. The highest BCUT2D eigenvalue weighted by Gasteiger charge is 2.21. The van der Waals surface area contributed by atoms with Crippen LogP contribution in [0, 0.1) is 11.6 Å². The van der Waals surface area contributed by atoms with Gasteiger partial charge in [-0.05, 0) is 18.6 Å². The smallest absolute Gasteiger partial charge is 0.261 e. The summed E-state index contributed by atoms with van der Waals surface area (Å²) < 4.78 is 48.8. The van der Waals surface area contributed by atoms with Gasteiger partial charge in [0.25, 0.3) is 15.0 Å². The summed E-state index contributed by atoms with van der Waals surface area (Å²) in [5.41, 5.74) is -0.685. The van der Waals surface area contributed by atoms with Crippen molar-refractivity contribution < 1.29 is 22.0 Å². The summed E-state index contributed by atoms with van der Waals surface area (Å²) >= 11 is 0. The minimum atomic E-state index is -4.24. The largest absolute Gasteiger partial charge is 0.352 e. The van der Waals surface area contributed by atoms with E-state index in [-0.39, 0.29) is 6.54 Å². The molecule has 0 spiro atoms. The summed E-state index contributed by atoms with van der Waals surface area (Å²) in [6.45, 7) is 2.18. The molecule has 1 aromatic rings. The molecule has 0 aromatic heterocycles. The third-order valence-electron chi connectivity index (χ3n) is 2.34. The SMILES string of the molecule is CCCCNC(=O)c1cc(S(=O)(=O)Cl)cc(F)c1F. The quantitative estimate of drug-likeness (QED) is 0.671. The minimum absolute atomic E-state index is 0.286. The average Bonchev–Trinajstić information content (AvgIpc) is 2.31. The van der Waals surface area contributed by atoms with Gasteiger partial charge in [0.15, 0.2) is 11.6 Å². The number of carbonyl (C=O) groups is 1. The molecule has 0 heterocycles. The molecule has 0 bridgehead atoms. The van der Waals surface area contributed by atoms with Crippen LogP contribution >= 0.6 is 10.7 Å². The van der Waals surface area contributed by atoms with E-state index in [1.165, 1.54) is 0 Å². The number of carbonyl (C=O) groups excluding carboxylic acids is 1. The highest BCUT2D eigenvalue weighted by atomic mass is 35.7. The molecule has 1 rings (SSSR count). The van der Waals surface area contributed by atoms with Gasteiger partial charge in [0, 0.05) is 17.2 Å². The van der Waals surface area contributed by atoms with E-state index >= 15 is 0 Å². The van der Waals surface area contributed by atoms with Gasteiger partial charge in [0.2, 0.25) is 0 Å². The highest BCUT2D eigenvalue weighted by Crippen LogP contribution is 2.21. The molecular weight excluding hydrogens is 300 g/mol. The van der Waals surface area contributed by atoms with Crippen molar-refractivity contribution in [2.75, 3.05) is 6.54 Å². The second kappa shape index (κ2) is 6.29. The fraction of sp³-hybridized carbons (Fsp3) is 0.364. The third kappa shape index (κ3) is 4.14. The maximum Gasteiger partial charge on any atom is 0.261 e. The molecule has 0 unspecified atom stereocenters. The lowest BCUT2D eigenvalue weighted by Gasteiger charge is -2.07. The van der Waals surface area contributed by atoms with E-state index in [4.69, 9.17) is 10.7 Å². The van der Waals surface area contributed by atoms with Gasteiger partial charge in [-0.1, -0.05) is 13.3 Å². The molecule has 1 amide bonds. The Bertz CT molecular complexity index is 590. The van der Waals surface area contributed by atoms with Crippen molar-refractivity contribution in [1.29, 1.82) is 0 Å². The maximum atomic E-state index is 13.5. The number of hydrogen-bond acceptors (Lipinski definition) is 3. The van der Waals surface area contributed by atoms with E-state index in [1.807, 2.05) is 6.92 Å². The summed E-state index contributed by atoms with van der Waals surface area (Å²) in [5.74, 6) is -3.73. The zero-order valence-corrected chi connectivity index (χ0v) is 11.6. The zero-order chi connectivity index (χ0) is 14.6. The highest BCUT2D eigenvalue weighted by molar-refractivity contribution is 8.13. The van der Waals surface area contributed by atoms with Crippen LogP contribution in [0.25, 0.3) is 0 Å². The van der Waals surface area contributed by atoms with E-state index in [0.717, 1.165) is 6.42 Å². The molecule has 0 aliphatic rings. The summed E-state index contributed by atoms with van der Waals surface area (Å²) in [7, 11) is 0.800. The summed E-state index contributed by atoms with van der Waals surface area (Å²) in [6.07, 6.45) is 1.48. The lowest BCUT2D eigenvalue weighted by molar-refractivity contribution is 0.0948. The van der Waals surface area contributed by atoms with Gasteiger partial charge in [-0.2, -0.15) is 0 Å². The number of benzene rings is 1. The van der Waals surface area contributed by atoms with Crippen molar-refractivity contribution in [3.05, 3.63) is 29.3 Å². The Labute approximate surface area is 114 Å². The van der Waals surface area contributed by atoms with Crippen molar-refractivity contribution in [2.45, 2.75) is 24.7 Å². The predicted octanol–water partition coefficient (Wildman–Crippen LogP) is 2.42. The zero-order valence-electron chi connectivity index (χ0n) is 10.0. The Morgan fingerprint density at radius 2 is 2.00 bits per heavy atom. The molecule has 0 saturated heterocycles. The molecule has 19 heavy (non-hydrogen) atoms. The van der Waals surface area contributed by atoms with Gasteiger partial charge in [-0.15, -0.1) is 0 Å². The summed E-state index contributed by atoms with van der Waals surface area (Å²) in [6, 6.07) is 1.14. The molecule has 106 valence electrons. The van der Waals surface area contributed by atoms with E-state index in [1.54, 1.807) is 0 Å². The second-order valence-corrected chi connectivity index (χ2v) is 6.38. The number of hydrogen-bond donors (Lipinski definition) is 1. The molecule has 1 aromatic carbocycles. The first kappa shape index (κ1) is 15.8. The molecule has 1 N–H and O–H groups in total. The van der Waals surface area contributed by atoms with Crippen LogP contribution in [0.5, 0.6) is 0 Å². The predicted molar refractivity (Wildman–Crippen MR) is 66.6 cm³/mol. The van der Waals surface area contributed by atoms with Crippen LogP contribution in [0.3, 0.4) is 0 Å². The van der Waals surface area contributed by atoms with Crippen LogP contribution in [0.2, 0.25) is 0 Å². The molecule has 0 radical (unpaired) electrons. The van der Waals surface area contributed by atoms with Gasteiger partial charge >= 0.3 is 0 Å². The lowest BCUT2D eigenvalue weighted by Crippen LogP contribution is -2.26. The van der Waals surface area contributed by atoms with Crippen molar-refractivity contribution in [3.8, 4) is 0 Å². The maximum absolute atomic E-state index is 13.5. The fourth-order valence-corrected chi connectivity index (χ4v) is 2.11. The Kier molecular flexibility index (Phi) is 5.25. The molecule has 8 heteroatoms. The molecule has 0 aliphatic carbocycles. The number of amides is 1. The van der Waals surface area contributed by atoms with Crippen molar-refractivity contribution in [1.82, 2.24) is 5.32 Å². The van der Waals surface area contributed by atoms with Crippen LogP contribution in [0.15, 0.2) is 17.0 Å². The lowest BCUT2D eigenvalue weighted by atomic mass is 10.2. The number of nitrogens with one attached hydrogen (secondary N) is 1. The molecular formula is C11H12ClF2NO3S. The van der Waals surface area contributed by atoms with Gasteiger partial charge in [-0.3, -0.25) is 4.79 Å². The summed E-state index contributed by atoms with van der Waals surface area (Å²) in [4.78, 5) is 11.0. The monoisotopic (exact) mass is 311 g/mol. The Hall–Kier alpha value is -1.21. The second-order valence-electron chi connectivity index (χ2n) is 3.81. The van der Waals surface area contributed by atoms with Crippen molar-refractivity contribution in [2.24, 2.45) is 0 Å². The van der Waals surface area contributed by atoms with Gasteiger partial charge < -0.3 is 5.32 Å². The standard InChI is InChI=1S/C11H12ClF2NO3S/c1-2-3-4-15-11(16)8-5-7(19(12,17)18)6-9(13)10(8)14/h5-6H,2-4H2,1H3,(H,15,16). The minimum Gasteiger partial charge on any atom is -0.352 e. The van der Waals surface area contributed by atoms with Crippen molar-refractivity contribution >= 4 is 25.6 Å². The first-order valence-electron chi connectivity index (χ1n) is 5.49. The fourth-order valence-electron chi connectivity index (χ4n) is 1.34. The van der Waals surface area contributed by atoms with Gasteiger partial charge in [0.05, 0.1) is 10.5 Å². The van der Waals surface area contributed by atoms with Crippen molar-refractivity contribution in [3.63, 3.8) is 0 Å². The topological polar surface area (TPSA) is 63.2 Å². The molecule has 0 fully saturated rings. The average molecular weight is 312 g/mol. The third-order valence-corrected chi connectivity index (χ3v) is 3.68. The summed E-state index contributed by atoms with van der Waals surface area (Å²) in [5, 5.41) is 2.36. The molecule has 0 aliphatic heterocycles. The first-order chi connectivity index (χ1) is 8.77. The van der Waals surface area contributed by atoms with E-state index < -0.39 is 37.1 Å². The number of rotatable bonds is 5. The Morgan fingerprint density at radius 3 is 2.53 bits per heavy atom. The van der Waals surface area contributed by atoms with Gasteiger partial charge in [0.1, 0.15) is 0 Å². The Morgan fingerprint density at radius 1 is 1.37 bits per heavy atom. The van der Waals surface area contributed by atoms with Crippen LogP contribution < -0.4 is 5.32 Å². The number of unbranched alkanes of at least 4 members (excludes halogenated alkanes) is 1. The number of halogens is 3. The van der Waals surface area contributed by atoms with E-state index in [2.05, 4.69) is 5.32 Å². The van der Waals surface area contributed by atoms with Crippen LogP contribution in [-0.2, 0) is 9.05 Å². The van der Waals surface area contributed by atoms with Gasteiger partial charge in [-0.25, -0.2) is 17.2 Å². The normalized spacial score (nSPS) is 11.4. The van der Waals surface area contributed by atoms with E-state index in [9.17, 15) is 22.0 Å². The molecule has 0 atom stereocenters. The Balaban J connectivity index is 3.13. The first-order valence-corrected chi connectivity index (χ1v) is 7.80. The van der Waals surface area contributed by atoms with Crippen LogP contribution in [0.1, 0.15) is 30.1 Å². The van der Waals surface area contributed by atoms with E-state index in [0.29, 0.717) is 18.6 Å². The van der Waals surface area contributed by atoms with Crippen LogP contribution in [-0.4, -0.2) is 20.9 Å². The van der Waals surface area contributed by atoms with Crippen LogP contribution in [0.4, 0.5) is 8.78 Å². The molecule has 4 nitrogen and oxygen atoms in total.